The summed E-state index contributed by atoms with van der Waals surface area (Å²) in [5, 5.41) is 7.22. The van der Waals surface area contributed by atoms with Crippen molar-refractivity contribution in [3.63, 3.8) is 0 Å². The van der Waals surface area contributed by atoms with Gasteiger partial charge in [0.2, 0.25) is 0 Å². The van der Waals surface area contributed by atoms with Crippen LogP contribution in [0.15, 0.2) is 42.5 Å². The van der Waals surface area contributed by atoms with Crippen molar-refractivity contribution in [1.82, 2.24) is 5.32 Å². The van der Waals surface area contributed by atoms with Crippen LogP contribution in [0.5, 0.6) is 0 Å². The number of hydrogen-bond acceptors (Lipinski definition) is 1. The fourth-order valence-electron chi connectivity index (χ4n) is 1.78. The van der Waals surface area contributed by atoms with E-state index in [-0.39, 0.29) is 6.03 Å². The topological polar surface area (TPSA) is 41.1 Å². The van der Waals surface area contributed by atoms with Gasteiger partial charge in [-0.15, -0.1) is 0 Å². The highest BCUT2D eigenvalue weighted by atomic mass is 35.5. The van der Waals surface area contributed by atoms with Crippen LogP contribution in [-0.4, -0.2) is 12.6 Å². The van der Waals surface area contributed by atoms with Gasteiger partial charge in [-0.1, -0.05) is 46.9 Å². The van der Waals surface area contributed by atoms with E-state index in [0.29, 0.717) is 33.7 Å². The van der Waals surface area contributed by atoms with Crippen molar-refractivity contribution in [2.75, 3.05) is 11.9 Å². The van der Waals surface area contributed by atoms with Gasteiger partial charge < -0.3 is 10.6 Å². The maximum Gasteiger partial charge on any atom is 0.319 e. The van der Waals surface area contributed by atoms with E-state index in [2.05, 4.69) is 10.6 Å². The molecule has 21 heavy (non-hydrogen) atoms. The lowest BCUT2D eigenvalue weighted by Crippen LogP contribution is -2.30. The molecule has 0 aliphatic heterocycles. The smallest absolute Gasteiger partial charge is 0.319 e. The average Bonchev–Trinajstić information content (AvgIpc) is 2.41. The number of carbonyl (C=O) groups excluding carboxylic acids is 1. The summed E-state index contributed by atoms with van der Waals surface area (Å²) in [4.78, 5) is 11.7. The molecule has 2 N–H and O–H groups in total. The van der Waals surface area contributed by atoms with Crippen LogP contribution in [0, 0.1) is 0 Å². The summed E-state index contributed by atoms with van der Waals surface area (Å²) in [7, 11) is 0. The summed E-state index contributed by atoms with van der Waals surface area (Å²) in [6.45, 7) is 0.466. The highest BCUT2D eigenvalue weighted by molar-refractivity contribution is 6.35. The zero-order valence-corrected chi connectivity index (χ0v) is 13.3. The van der Waals surface area contributed by atoms with Crippen LogP contribution in [0.3, 0.4) is 0 Å². The first-order chi connectivity index (χ1) is 10.0. The number of nitrogens with one attached hydrogen (secondary N) is 2. The van der Waals surface area contributed by atoms with Crippen LogP contribution in [-0.2, 0) is 6.42 Å². The van der Waals surface area contributed by atoms with Crippen LogP contribution in [0.25, 0.3) is 0 Å². The molecule has 0 unspecified atom stereocenters. The zero-order chi connectivity index (χ0) is 15.2. The number of benzene rings is 2. The van der Waals surface area contributed by atoms with Gasteiger partial charge >= 0.3 is 6.03 Å². The van der Waals surface area contributed by atoms with E-state index in [0.717, 1.165) is 5.56 Å². The molecule has 3 nitrogen and oxygen atoms in total. The standard InChI is InChI=1S/C15H13Cl3N2O/c16-11-2-1-3-13(8-11)20-15(21)19-7-6-10-4-5-12(17)9-14(10)18/h1-5,8-9H,6-7H2,(H2,19,20,21). The van der Waals surface area contributed by atoms with Crippen molar-refractivity contribution < 1.29 is 4.79 Å². The number of halogens is 3. The summed E-state index contributed by atoms with van der Waals surface area (Å²) < 4.78 is 0. The average molecular weight is 344 g/mol. The highest BCUT2D eigenvalue weighted by Crippen LogP contribution is 2.21. The quantitative estimate of drug-likeness (QED) is 0.805. The molecule has 0 aliphatic carbocycles. The number of hydrogen-bond donors (Lipinski definition) is 2. The molecule has 0 aromatic heterocycles. The molecule has 0 heterocycles. The summed E-state index contributed by atoms with van der Waals surface area (Å²) >= 11 is 17.7. The van der Waals surface area contributed by atoms with E-state index < -0.39 is 0 Å². The number of rotatable bonds is 4. The van der Waals surface area contributed by atoms with Gasteiger partial charge in [0.15, 0.2) is 0 Å². The Morgan fingerprint density at radius 2 is 1.76 bits per heavy atom. The second kappa shape index (κ2) is 7.55. The Hall–Kier alpha value is -1.42. The zero-order valence-electron chi connectivity index (χ0n) is 11.0. The Kier molecular flexibility index (Phi) is 5.74. The molecule has 2 aromatic rings. The second-order valence-electron chi connectivity index (χ2n) is 4.38. The summed E-state index contributed by atoms with van der Waals surface area (Å²) in [6.07, 6.45) is 0.624. The summed E-state index contributed by atoms with van der Waals surface area (Å²) in [5.74, 6) is 0. The molecule has 0 aliphatic rings. The van der Waals surface area contributed by atoms with Crippen molar-refractivity contribution in [3.05, 3.63) is 63.1 Å². The van der Waals surface area contributed by atoms with Crippen LogP contribution in [0.2, 0.25) is 15.1 Å². The van der Waals surface area contributed by atoms with Crippen LogP contribution in [0.4, 0.5) is 10.5 Å². The molecule has 6 heteroatoms. The molecule has 0 saturated heterocycles. The monoisotopic (exact) mass is 342 g/mol. The SMILES string of the molecule is O=C(NCCc1ccc(Cl)cc1Cl)Nc1cccc(Cl)c1. The fourth-order valence-corrected chi connectivity index (χ4v) is 2.47. The first-order valence-electron chi connectivity index (χ1n) is 6.29. The molecule has 2 rings (SSSR count). The number of anilines is 1. The van der Waals surface area contributed by atoms with Gasteiger partial charge in [-0.3, -0.25) is 0 Å². The third kappa shape index (κ3) is 5.12. The first-order valence-corrected chi connectivity index (χ1v) is 7.42. The number of carbonyl (C=O) groups is 1. The first kappa shape index (κ1) is 16.0. The molecule has 2 aromatic carbocycles. The Morgan fingerprint density at radius 1 is 1.00 bits per heavy atom. The Bertz CT molecular complexity index is 647. The number of urea groups is 1. The molecule has 0 spiro atoms. The van der Waals surface area contributed by atoms with Crippen LogP contribution >= 0.6 is 34.8 Å². The van der Waals surface area contributed by atoms with Crippen molar-refractivity contribution in [2.24, 2.45) is 0 Å². The third-order valence-corrected chi connectivity index (χ3v) is 3.60. The summed E-state index contributed by atoms with van der Waals surface area (Å²) in [5.41, 5.74) is 1.58. The minimum absolute atomic E-state index is 0.289. The van der Waals surface area contributed by atoms with Gasteiger partial charge in [0.05, 0.1) is 0 Å². The number of amides is 2. The minimum Gasteiger partial charge on any atom is -0.338 e. The second-order valence-corrected chi connectivity index (χ2v) is 5.66. The van der Waals surface area contributed by atoms with Gasteiger partial charge in [-0.25, -0.2) is 4.79 Å². The van der Waals surface area contributed by atoms with Gasteiger partial charge in [0.25, 0.3) is 0 Å². The maximum absolute atomic E-state index is 11.7. The lowest BCUT2D eigenvalue weighted by molar-refractivity contribution is 0.252. The molecular formula is C15H13Cl3N2O. The lowest BCUT2D eigenvalue weighted by Gasteiger charge is -2.09. The van der Waals surface area contributed by atoms with Crippen molar-refractivity contribution in [1.29, 1.82) is 0 Å². The highest BCUT2D eigenvalue weighted by Gasteiger charge is 2.04. The van der Waals surface area contributed by atoms with Gasteiger partial charge in [0.1, 0.15) is 0 Å². The van der Waals surface area contributed by atoms with Gasteiger partial charge in [0, 0.05) is 27.3 Å². The molecule has 0 radical (unpaired) electrons. The molecule has 0 bridgehead atoms. The Balaban J connectivity index is 1.81. The Labute approximate surface area is 138 Å². The minimum atomic E-state index is -0.289. The molecule has 110 valence electrons. The Morgan fingerprint density at radius 3 is 2.48 bits per heavy atom. The molecule has 0 fully saturated rings. The predicted octanol–water partition coefficient (Wildman–Crippen LogP) is 5.01. The van der Waals surface area contributed by atoms with E-state index in [1.807, 2.05) is 6.07 Å². The molecule has 0 saturated carbocycles. The van der Waals surface area contributed by atoms with Crippen molar-refractivity contribution in [3.8, 4) is 0 Å². The van der Waals surface area contributed by atoms with E-state index in [4.69, 9.17) is 34.8 Å². The maximum atomic E-state index is 11.7. The normalized spacial score (nSPS) is 10.2. The van der Waals surface area contributed by atoms with Gasteiger partial charge in [-0.05, 0) is 42.3 Å². The van der Waals surface area contributed by atoms with Gasteiger partial charge in [-0.2, -0.15) is 0 Å². The predicted molar refractivity (Wildman–Crippen MR) is 88.6 cm³/mol. The summed E-state index contributed by atoms with van der Waals surface area (Å²) in [6, 6.07) is 12.0. The third-order valence-electron chi connectivity index (χ3n) is 2.78. The molecule has 0 atom stereocenters. The van der Waals surface area contributed by atoms with Crippen LogP contribution in [0.1, 0.15) is 5.56 Å². The molecule has 2 amide bonds. The molecular weight excluding hydrogens is 331 g/mol. The fraction of sp³-hybridized carbons (Fsp3) is 0.133. The van der Waals surface area contributed by atoms with E-state index in [1.54, 1.807) is 36.4 Å². The van der Waals surface area contributed by atoms with E-state index in [1.165, 1.54) is 0 Å². The van der Waals surface area contributed by atoms with E-state index >= 15 is 0 Å². The van der Waals surface area contributed by atoms with Crippen molar-refractivity contribution >= 4 is 46.5 Å². The van der Waals surface area contributed by atoms with E-state index in [9.17, 15) is 4.79 Å². The largest absolute Gasteiger partial charge is 0.338 e. The van der Waals surface area contributed by atoms with Crippen molar-refractivity contribution in [2.45, 2.75) is 6.42 Å². The lowest BCUT2D eigenvalue weighted by atomic mass is 10.1. The van der Waals surface area contributed by atoms with Crippen LogP contribution < -0.4 is 10.6 Å².